The maximum absolute atomic E-state index is 11.2. The van der Waals surface area contributed by atoms with E-state index in [-0.39, 0.29) is 22.8 Å². The van der Waals surface area contributed by atoms with E-state index in [1.54, 1.807) is 6.92 Å². The Morgan fingerprint density at radius 2 is 2.32 bits per heavy atom. The van der Waals surface area contributed by atoms with Crippen molar-refractivity contribution in [2.24, 2.45) is 0 Å². The fourth-order valence-corrected chi connectivity index (χ4v) is 3.29. The van der Waals surface area contributed by atoms with E-state index in [0.29, 0.717) is 23.0 Å². The Kier molecular flexibility index (Phi) is 4.07. The Morgan fingerprint density at radius 1 is 1.63 bits per heavy atom. The van der Waals surface area contributed by atoms with Crippen LogP contribution in [0.25, 0.3) is 0 Å². The summed E-state index contributed by atoms with van der Waals surface area (Å²) in [5.74, 6) is 0. The molecule has 0 radical (unpaired) electrons. The molecule has 1 aliphatic heterocycles. The quantitative estimate of drug-likeness (QED) is 0.681. The fraction of sp³-hybridized carbons (Fsp3) is 0.667. The van der Waals surface area contributed by atoms with Crippen molar-refractivity contribution >= 4 is 22.0 Å². The van der Waals surface area contributed by atoms with Crippen LogP contribution in [0.5, 0.6) is 0 Å². The first kappa shape index (κ1) is 14.2. The van der Waals surface area contributed by atoms with Crippen molar-refractivity contribution in [2.45, 2.75) is 39.0 Å². The lowest BCUT2D eigenvalue weighted by molar-refractivity contribution is -0.383. The van der Waals surface area contributed by atoms with Gasteiger partial charge < -0.3 is 14.7 Å². The highest BCUT2D eigenvalue weighted by Crippen LogP contribution is 2.41. The molecule has 19 heavy (non-hydrogen) atoms. The highest BCUT2D eigenvalue weighted by atomic mass is 32.1. The molecule has 1 N–H and O–H groups in total. The largest absolute Gasteiger partial charge is 0.388 e. The van der Waals surface area contributed by atoms with Crippen LogP contribution in [0.3, 0.4) is 0 Å². The van der Waals surface area contributed by atoms with E-state index < -0.39 is 6.10 Å². The molecule has 0 bridgehead atoms. The Bertz CT molecular complexity index is 474. The average Bonchev–Trinajstić information content (AvgIpc) is 2.77. The van der Waals surface area contributed by atoms with Gasteiger partial charge in [0.15, 0.2) is 5.00 Å². The predicted molar refractivity (Wildman–Crippen MR) is 73.8 cm³/mol. The highest BCUT2D eigenvalue weighted by Gasteiger charge is 2.31. The van der Waals surface area contributed by atoms with E-state index in [1.807, 2.05) is 18.7 Å². The molecule has 0 saturated carbocycles. The minimum Gasteiger partial charge on any atom is -0.388 e. The van der Waals surface area contributed by atoms with Crippen molar-refractivity contribution < 1.29 is 14.8 Å². The van der Waals surface area contributed by atoms with Crippen LogP contribution in [0.15, 0.2) is 6.07 Å². The van der Waals surface area contributed by atoms with Gasteiger partial charge in [-0.05, 0) is 20.8 Å². The second-order valence-corrected chi connectivity index (χ2v) is 5.98. The van der Waals surface area contributed by atoms with Crippen LogP contribution in [-0.4, -0.2) is 35.3 Å². The van der Waals surface area contributed by atoms with Gasteiger partial charge in [0.25, 0.3) is 0 Å². The molecule has 7 heteroatoms. The molecular formula is C12H18N2O4S. The van der Waals surface area contributed by atoms with Gasteiger partial charge in [-0.15, -0.1) is 11.3 Å². The molecule has 2 heterocycles. The maximum atomic E-state index is 11.2. The van der Waals surface area contributed by atoms with Crippen LogP contribution in [0, 0.1) is 10.1 Å². The molecule has 106 valence electrons. The number of hydrogen-bond acceptors (Lipinski definition) is 6. The van der Waals surface area contributed by atoms with Gasteiger partial charge in [0.05, 0.1) is 29.8 Å². The first-order chi connectivity index (χ1) is 8.90. The van der Waals surface area contributed by atoms with Crippen LogP contribution in [0.1, 0.15) is 31.8 Å². The lowest BCUT2D eigenvalue weighted by Crippen LogP contribution is -2.47. The Balaban J connectivity index is 2.39. The number of hydrogen-bond donors (Lipinski definition) is 1. The lowest BCUT2D eigenvalue weighted by Gasteiger charge is -2.37. The number of morpholine rings is 1. The Morgan fingerprint density at radius 3 is 2.89 bits per heavy atom. The second-order valence-electron chi connectivity index (χ2n) is 4.92. The summed E-state index contributed by atoms with van der Waals surface area (Å²) in [6, 6.07) is 1.56. The molecule has 1 aliphatic rings. The van der Waals surface area contributed by atoms with E-state index in [1.165, 1.54) is 17.4 Å². The average molecular weight is 286 g/mol. The fourth-order valence-electron chi connectivity index (χ4n) is 2.12. The predicted octanol–water partition coefficient (Wildman–Crippen LogP) is 2.32. The highest BCUT2D eigenvalue weighted by molar-refractivity contribution is 7.16. The van der Waals surface area contributed by atoms with Crippen molar-refractivity contribution in [1.29, 1.82) is 0 Å². The molecule has 2 rings (SSSR count). The van der Waals surface area contributed by atoms with E-state index in [0.717, 1.165) is 0 Å². The summed E-state index contributed by atoms with van der Waals surface area (Å²) >= 11 is 1.29. The van der Waals surface area contributed by atoms with Crippen LogP contribution < -0.4 is 4.90 Å². The molecule has 1 aromatic rings. The summed E-state index contributed by atoms with van der Waals surface area (Å²) < 4.78 is 5.54. The van der Waals surface area contributed by atoms with Crippen molar-refractivity contribution in [3.8, 4) is 0 Å². The third-order valence-corrected chi connectivity index (χ3v) is 4.52. The number of thiophene rings is 1. The number of aliphatic hydroxyl groups excluding tert-OH is 1. The van der Waals surface area contributed by atoms with Gasteiger partial charge in [-0.2, -0.15) is 0 Å². The second kappa shape index (κ2) is 5.44. The topological polar surface area (TPSA) is 75.8 Å². The summed E-state index contributed by atoms with van der Waals surface area (Å²) in [4.78, 5) is 13.4. The minimum atomic E-state index is -0.689. The molecule has 0 spiro atoms. The SMILES string of the molecule is CC1CN(c2sc([C@@H](C)O)cc2[N+](=O)[O-])C(C)CO1. The van der Waals surface area contributed by atoms with E-state index in [9.17, 15) is 15.2 Å². The van der Waals surface area contributed by atoms with Crippen LogP contribution in [0.2, 0.25) is 0 Å². The van der Waals surface area contributed by atoms with E-state index in [4.69, 9.17) is 4.74 Å². The molecule has 1 saturated heterocycles. The summed E-state index contributed by atoms with van der Waals surface area (Å²) in [5.41, 5.74) is 0.0712. The van der Waals surface area contributed by atoms with Crippen LogP contribution >= 0.6 is 11.3 Å². The van der Waals surface area contributed by atoms with E-state index in [2.05, 4.69) is 0 Å². The van der Waals surface area contributed by atoms with Gasteiger partial charge in [-0.25, -0.2) is 0 Å². The molecule has 1 aromatic heterocycles. The molecule has 0 aliphatic carbocycles. The molecule has 3 atom stereocenters. The third-order valence-electron chi connectivity index (χ3n) is 3.19. The smallest absolute Gasteiger partial charge is 0.304 e. The number of rotatable bonds is 3. The standard InChI is InChI=1S/C12H18N2O4S/c1-7-6-18-8(2)5-13(7)12-10(14(16)17)4-11(19-12)9(3)15/h4,7-9,15H,5-6H2,1-3H3/t7?,8?,9-/m1/s1. The molecule has 2 unspecified atom stereocenters. The number of anilines is 1. The number of ether oxygens (including phenoxy) is 1. The molecule has 6 nitrogen and oxygen atoms in total. The van der Waals surface area contributed by atoms with Gasteiger partial charge in [-0.3, -0.25) is 10.1 Å². The molecule has 0 aromatic carbocycles. The van der Waals surface area contributed by atoms with Crippen molar-refractivity contribution in [1.82, 2.24) is 0 Å². The minimum absolute atomic E-state index is 0.0490. The summed E-state index contributed by atoms with van der Waals surface area (Å²) in [6.07, 6.45) is -0.640. The van der Waals surface area contributed by atoms with Crippen LogP contribution in [-0.2, 0) is 4.74 Å². The molecule has 1 fully saturated rings. The van der Waals surface area contributed by atoms with Gasteiger partial charge in [0.1, 0.15) is 0 Å². The number of aliphatic hydroxyl groups is 1. The zero-order valence-electron chi connectivity index (χ0n) is 11.2. The molecule has 0 amide bonds. The zero-order chi connectivity index (χ0) is 14.2. The summed E-state index contributed by atoms with van der Waals surface area (Å²) in [7, 11) is 0. The lowest BCUT2D eigenvalue weighted by atomic mass is 10.2. The number of nitro groups is 1. The maximum Gasteiger partial charge on any atom is 0.304 e. The van der Waals surface area contributed by atoms with Gasteiger partial charge in [0.2, 0.25) is 0 Å². The first-order valence-electron chi connectivity index (χ1n) is 6.24. The van der Waals surface area contributed by atoms with Gasteiger partial charge in [-0.1, -0.05) is 0 Å². The third kappa shape index (κ3) is 2.88. The Hall–Kier alpha value is -1.18. The van der Waals surface area contributed by atoms with Crippen LogP contribution in [0.4, 0.5) is 10.7 Å². The van der Waals surface area contributed by atoms with Gasteiger partial charge >= 0.3 is 5.69 Å². The monoisotopic (exact) mass is 286 g/mol. The van der Waals surface area contributed by atoms with Crippen molar-refractivity contribution in [3.63, 3.8) is 0 Å². The van der Waals surface area contributed by atoms with Crippen molar-refractivity contribution in [2.75, 3.05) is 18.1 Å². The zero-order valence-corrected chi connectivity index (χ0v) is 12.0. The van der Waals surface area contributed by atoms with E-state index >= 15 is 0 Å². The van der Waals surface area contributed by atoms with Crippen molar-refractivity contribution in [3.05, 3.63) is 21.1 Å². The number of nitrogens with zero attached hydrogens (tertiary/aromatic N) is 2. The Labute approximate surface area is 115 Å². The summed E-state index contributed by atoms with van der Waals surface area (Å²) in [5, 5.41) is 21.4. The summed E-state index contributed by atoms with van der Waals surface area (Å²) in [6.45, 7) is 6.73. The first-order valence-corrected chi connectivity index (χ1v) is 7.06. The molecular weight excluding hydrogens is 268 g/mol. The normalized spacial score (nSPS) is 25.4. The van der Waals surface area contributed by atoms with Gasteiger partial charge in [0, 0.05) is 17.5 Å².